The van der Waals surface area contributed by atoms with Crippen molar-refractivity contribution in [2.45, 2.75) is 0 Å². The second kappa shape index (κ2) is 7.93. The Morgan fingerprint density at radius 2 is 2.00 bits per heavy atom. The predicted molar refractivity (Wildman–Crippen MR) is 89.3 cm³/mol. The third-order valence-electron chi connectivity index (χ3n) is 2.99. The van der Waals surface area contributed by atoms with Gasteiger partial charge in [0.05, 0.1) is 6.21 Å². The summed E-state index contributed by atoms with van der Waals surface area (Å²) in [5.41, 5.74) is 2.32. The first-order chi connectivity index (χ1) is 11.0. The number of amides is 1. The van der Waals surface area contributed by atoms with Crippen LogP contribution in [0.3, 0.4) is 0 Å². The first-order valence-corrected chi connectivity index (χ1v) is 7.03. The summed E-state index contributed by atoms with van der Waals surface area (Å²) in [6, 6.07) is 13.4. The van der Waals surface area contributed by atoms with Crippen LogP contribution >= 0.6 is 0 Å². The van der Waals surface area contributed by atoms with Crippen LogP contribution in [0.25, 0.3) is 0 Å². The molecule has 0 radical (unpaired) electrons. The Balaban J connectivity index is 1.78. The highest BCUT2D eigenvalue weighted by molar-refractivity contribution is 5.91. The molecule has 0 fully saturated rings. The third kappa shape index (κ3) is 5.43. The number of carbonyl (C=O) groups is 1. The lowest BCUT2D eigenvalue weighted by Crippen LogP contribution is -2.17. The van der Waals surface area contributed by atoms with Gasteiger partial charge in [-0.15, -0.1) is 0 Å². The number of hydrogen-bond acceptors (Lipinski definition) is 4. The van der Waals surface area contributed by atoms with E-state index in [1.807, 2.05) is 43.3 Å². The number of nitrogens with one attached hydrogen (secondary N) is 1. The van der Waals surface area contributed by atoms with E-state index < -0.39 is 11.7 Å². The number of oxime groups is 1. The number of anilines is 2. The Morgan fingerprint density at radius 1 is 1.26 bits per heavy atom. The second-order valence-corrected chi connectivity index (χ2v) is 5.05. The van der Waals surface area contributed by atoms with E-state index >= 15 is 0 Å². The Labute approximate surface area is 134 Å². The predicted octanol–water partition coefficient (Wildman–Crippen LogP) is 2.88. The molecule has 23 heavy (non-hydrogen) atoms. The van der Waals surface area contributed by atoms with Crippen molar-refractivity contribution < 1.29 is 14.0 Å². The van der Waals surface area contributed by atoms with Gasteiger partial charge in [0.15, 0.2) is 6.61 Å². The molecule has 0 atom stereocenters. The van der Waals surface area contributed by atoms with E-state index in [1.54, 1.807) is 6.07 Å². The summed E-state index contributed by atoms with van der Waals surface area (Å²) in [5.74, 6) is -0.821. The zero-order valence-electron chi connectivity index (χ0n) is 13.0. The molecule has 0 unspecified atom stereocenters. The summed E-state index contributed by atoms with van der Waals surface area (Å²) in [6.07, 6.45) is 1.52. The smallest absolute Gasteiger partial charge is 0.265 e. The van der Waals surface area contributed by atoms with Crippen molar-refractivity contribution in [3.63, 3.8) is 0 Å². The number of benzene rings is 2. The molecule has 5 nitrogen and oxygen atoms in total. The van der Waals surface area contributed by atoms with Crippen LogP contribution in [0.1, 0.15) is 5.56 Å². The summed E-state index contributed by atoms with van der Waals surface area (Å²) < 4.78 is 13.0. The first kappa shape index (κ1) is 16.5. The van der Waals surface area contributed by atoms with E-state index in [4.69, 9.17) is 4.84 Å². The van der Waals surface area contributed by atoms with Gasteiger partial charge < -0.3 is 15.1 Å². The van der Waals surface area contributed by atoms with Gasteiger partial charge in [-0.25, -0.2) is 4.39 Å². The largest absolute Gasteiger partial charge is 0.386 e. The summed E-state index contributed by atoms with van der Waals surface area (Å²) in [5, 5.41) is 6.26. The molecule has 1 N–H and O–H groups in total. The maximum Gasteiger partial charge on any atom is 0.265 e. The second-order valence-electron chi connectivity index (χ2n) is 5.05. The minimum Gasteiger partial charge on any atom is -0.386 e. The van der Waals surface area contributed by atoms with E-state index in [2.05, 4.69) is 10.5 Å². The highest BCUT2D eigenvalue weighted by Crippen LogP contribution is 2.11. The maximum absolute atomic E-state index is 13.0. The molecule has 6 heteroatoms. The van der Waals surface area contributed by atoms with Crippen molar-refractivity contribution in [1.82, 2.24) is 0 Å². The SMILES string of the molecule is CN(C)c1ccc(/C=N/OCC(=O)Nc2cccc(F)c2)cc1. The standard InChI is InChI=1S/C17H18FN3O2/c1-21(2)16-8-6-13(7-9-16)11-19-23-12-17(22)20-15-5-3-4-14(18)10-15/h3-11H,12H2,1-2H3,(H,20,22)/b19-11+. The monoisotopic (exact) mass is 315 g/mol. The van der Waals surface area contributed by atoms with Gasteiger partial charge in [0, 0.05) is 25.5 Å². The average Bonchev–Trinajstić information content (AvgIpc) is 2.52. The van der Waals surface area contributed by atoms with Crippen LogP contribution in [0.15, 0.2) is 53.7 Å². The van der Waals surface area contributed by atoms with Gasteiger partial charge in [-0.1, -0.05) is 23.4 Å². The summed E-state index contributed by atoms with van der Waals surface area (Å²) in [7, 11) is 3.92. The molecule has 0 aromatic heterocycles. The van der Waals surface area contributed by atoms with E-state index in [9.17, 15) is 9.18 Å². The minimum absolute atomic E-state index is 0.247. The van der Waals surface area contributed by atoms with E-state index in [0.717, 1.165) is 11.3 Å². The van der Waals surface area contributed by atoms with Gasteiger partial charge in [0.2, 0.25) is 0 Å². The summed E-state index contributed by atoms with van der Waals surface area (Å²) in [6.45, 7) is -0.247. The van der Waals surface area contributed by atoms with E-state index in [-0.39, 0.29) is 6.61 Å². The van der Waals surface area contributed by atoms with Gasteiger partial charge in [-0.3, -0.25) is 4.79 Å². The summed E-state index contributed by atoms with van der Waals surface area (Å²) in [4.78, 5) is 18.5. The zero-order valence-corrected chi connectivity index (χ0v) is 13.0. The topological polar surface area (TPSA) is 53.9 Å². The lowest BCUT2D eigenvalue weighted by atomic mass is 10.2. The number of rotatable bonds is 6. The molecular formula is C17H18FN3O2. The van der Waals surface area contributed by atoms with Gasteiger partial charge in [0.1, 0.15) is 5.82 Å². The molecule has 1 amide bonds. The van der Waals surface area contributed by atoms with Gasteiger partial charge in [-0.05, 0) is 35.9 Å². The molecule has 0 aliphatic rings. The van der Waals surface area contributed by atoms with Crippen molar-refractivity contribution in [2.24, 2.45) is 5.16 Å². The fourth-order valence-corrected chi connectivity index (χ4v) is 1.82. The molecule has 120 valence electrons. The highest BCUT2D eigenvalue weighted by atomic mass is 19.1. The van der Waals surface area contributed by atoms with Gasteiger partial charge in [-0.2, -0.15) is 0 Å². The molecular weight excluding hydrogens is 297 g/mol. The number of halogens is 1. The number of nitrogens with zero attached hydrogens (tertiary/aromatic N) is 2. The molecule has 0 heterocycles. The van der Waals surface area contributed by atoms with Crippen LogP contribution in [0.2, 0.25) is 0 Å². The number of carbonyl (C=O) groups excluding carboxylic acids is 1. The molecule has 0 saturated carbocycles. The highest BCUT2D eigenvalue weighted by Gasteiger charge is 2.03. The van der Waals surface area contributed by atoms with Crippen LogP contribution in [0.4, 0.5) is 15.8 Å². The lowest BCUT2D eigenvalue weighted by Gasteiger charge is -2.11. The Bertz CT molecular complexity index is 684. The molecule has 0 spiro atoms. The number of hydrogen-bond donors (Lipinski definition) is 1. The quantitative estimate of drug-likeness (QED) is 0.659. The summed E-state index contributed by atoms with van der Waals surface area (Å²) >= 11 is 0. The molecule has 0 saturated heterocycles. The first-order valence-electron chi connectivity index (χ1n) is 7.03. The van der Waals surface area contributed by atoms with Crippen LogP contribution < -0.4 is 10.2 Å². The van der Waals surface area contributed by atoms with E-state index in [0.29, 0.717) is 5.69 Å². The zero-order chi connectivity index (χ0) is 16.7. The Hall–Kier alpha value is -2.89. The molecule has 0 bridgehead atoms. The molecule has 2 rings (SSSR count). The van der Waals surface area contributed by atoms with Crippen molar-refractivity contribution >= 4 is 23.5 Å². The van der Waals surface area contributed by atoms with Gasteiger partial charge >= 0.3 is 0 Å². The van der Waals surface area contributed by atoms with Crippen molar-refractivity contribution in [2.75, 3.05) is 30.9 Å². The van der Waals surface area contributed by atoms with Crippen LogP contribution in [0, 0.1) is 5.82 Å². The molecule has 2 aromatic rings. The normalized spacial score (nSPS) is 10.6. The average molecular weight is 315 g/mol. The van der Waals surface area contributed by atoms with Crippen molar-refractivity contribution in [3.05, 3.63) is 59.9 Å². The maximum atomic E-state index is 13.0. The third-order valence-corrected chi connectivity index (χ3v) is 2.99. The Morgan fingerprint density at radius 3 is 2.65 bits per heavy atom. The van der Waals surface area contributed by atoms with Gasteiger partial charge in [0.25, 0.3) is 5.91 Å². The fraction of sp³-hybridized carbons (Fsp3) is 0.176. The molecule has 0 aliphatic heterocycles. The van der Waals surface area contributed by atoms with Crippen molar-refractivity contribution in [3.8, 4) is 0 Å². The minimum atomic E-state index is -0.414. The Kier molecular flexibility index (Phi) is 5.68. The molecule has 2 aromatic carbocycles. The fourth-order valence-electron chi connectivity index (χ4n) is 1.82. The van der Waals surface area contributed by atoms with Crippen LogP contribution in [-0.2, 0) is 9.63 Å². The van der Waals surface area contributed by atoms with Crippen LogP contribution in [0.5, 0.6) is 0 Å². The van der Waals surface area contributed by atoms with E-state index in [1.165, 1.54) is 24.4 Å². The molecule has 0 aliphatic carbocycles. The van der Waals surface area contributed by atoms with Crippen LogP contribution in [-0.4, -0.2) is 32.8 Å². The van der Waals surface area contributed by atoms with Crippen molar-refractivity contribution in [1.29, 1.82) is 0 Å². The lowest BCUT2D eigenvalue weighted by molar-refractivity contribution is -0.120.